The fraction of sp³-hybridized carbons (Fsp3) is 0.227. The van der Waals surface area contributed by atoms with E-state index in [1.165, 1.54) is 28.9 Å². The summed E-state index contributed by atoms with van der Waals surface area (Å²) in [5.74, 6) is -0.0675. The number of hydrogen-bond donors (Lipinski definition) is 1. The summed E-state index contributed by atoms with van der Waals surface area (Å²) in [6.07, 6.45) is 2.28. The predicted molar refractivity (Wildman–Crippen MR) is 114 cm³/mol. The van der Waals surface area contributed by atoms with Crippen molar-refractivity contribution in [3.63, 3.8) is 0 Å². The van der Waals surface area contributed by atoms with Crippen LogP contribution in [-0.4, -0.2) is 24.4 Å². The van der Waals surface area contributed by atoms with E-state index in [0.29, 0.717) is 9.90 Å². The molecule has 0 aliphatic carbocycles. The standard InChI is InChI=1S/C22H21ClN2OS/c1-25-10-2-3-15-6-9-20(11-17(15)13-25)24-22(26)21-12-18(14-27-21)16-4-7-19(23)8-5-16/h4-9,11-12,14H,2-3,10,13H2,1H3,(H,24,26). The number of aryl methyl sites for hydroxylation is 1. The van der Waals surface area contributed by atoms with Gasteiger partial charge in [-0.3, -0.25) is 4.79 Å². The highest BCUT2D eigenvalue weighted by Gasteiger charge is 2.14. The molecule has 3 aromatic rings. The van der Waals surface area contributed by atoms with Crippen molar-refractivity contribution in [3.8, 4) is 11.1 Å². The number of thiophene rings is 1. The molecule has 5 heteroatoms. The molecule has 1 N–H and O–H groups in total. The van der Waals surface area contributed by atoms with Gasteiger partial charge in [-0.25, -0.2) is 0 Å². The van der Waals surface area contributed by atoms with Gasteiger partial charge in [-0.05, 0) is 84.4 Å². The monoisotopic (exact) mass is 396 g/mol. The second-order valence-corrected chi connectivity index (χ2v) is 8.33. The van der Waals surface area contributed by atoms with Gasteiger partial charge in [-0.2, -0.15) is 0 Å². The van der Waals surface area contributed by atoms with E-state index in [4.69, 9.17) is 11.6 Å². The minimum atomic E-state index is -0.0675. The first-order valence-electron chi connectivity index (χ1n) is 9.05. The van der Waals surface area contributed by atoms with Crippen LogP contribution >= 0.6 is 22.9 Å². The van der Waals surface area contributed by atoms with Crippen LogP contribution in [-0.2, 0) is 13.0 Å². The van der Waals surface area contributed by atoms with Crippen LogP contribution in [0.2, 0.25) is 5.02 Å². The predicted octanol–water partition coefficient (Wildman–Crippen LogP) is 5.70. The van der Waals surface area contributed by atoms with Crippen molar-refractivity contribution in [1.82, 2.24) is 4.90 Å². The van der Waals surface area contributed by atoms with Crippen molar-refractivity contribution in [2.24, 2.45) is 0 Å². The quantitative estimate of drug-likeness (QED) is 0.615. The molecule has 138 valence electrons. The number of nitrogens with one attached hydrogen (secondary N) is 1. The first kappa shape index (κ1) is 18.2. The third kappa shape index (κ3) is 4.24. The summed E-state index contributed by atoms with van der Waals surface area (Å²) < 4.78 is 0. The molecule has 0 spiro atoms. The largest absolute Gasteiger partial charge is 0.321 e. The molecule has 0 saturated heterocycles. The van der Waals surface area contributed by atoms with Gasteiger partial charge in [0.2, 0.25) is 0 Å². The molecular formula is C22H21ClN2OS. The van der Waals surface area contributed by atoms with E-state index < -0.39 is 0 Å². The van der Waals surface area contributed by atoms with Crippen LogP contribution in [0.15, 0.2) is 53.9 Å². The first-order valence-corrected chi connectivity index (χ1v) is 10.3. The van der Waals surface area contributed by atoms with Gasteiger partial charge >= 0.3 is 0 Å². The molecule has 2 heterocycles. The van der Waals surface area contributed by atoms with E-state index in [-0.39, 0.29) is 5.91 Å². The van der Waals surface area contributed by atoms with E-state index >= 15 is 0 Å². The van der Waals surface area contributed by atoms with E-state index in [0.717, 1.165) is 36.3 Å². The van der Waals surface area contributed by atoms with Gasteiger partial charge in [0.1, 0.15) is 0 Å². The zero-order valence-electron chi connectivity index (χ0n) is 15.2. The zero-order chi connectivity index (χ0) is 18.8. The molecule has 1 aliphatic rings. The SMILES string of the molecule is CN1CCCc2ccc(NC(=O)c3cc(-c4ccc(Cl)cc4)cs3)cc2C1. The third-order valence-electron chi connectivity index (χ3n) is 4.89. The van der Waals surface area contributed by atoms with E-state index in [2.05, 4.69) is 29.4 Å². The summed E-state index contributed by atoms with van der Waals surface area (Å²) in [5, 5.41) is 5.76. The molecule has 0 atom stereocenters. The highest BCUT2D eigenvalue weighted by Crippen LogP contribution is 2.28. The number of hydrogen-bond acceptors (Lipinski definition) is 3. The molecule has 1 aromatic heterocycles. The Labute approximate surface area is 168 Å². The second-order valence-electron chi connectivity index (χ2n) is 6.99. The van der Waals surface area contributed by atoms with Gasteiger partial charge in [-0.1, -0.05) is 29.8 Å². The molecule has 0 fully saturated rings. The fourth-order valence-corrected chi connectivity index (χ4v) is 4.38. The number of rotatable bonds is 3. The molecule has 27 heavy (non-hydrogen) atoms. The Morgan fingerprint density at radius 2 is 1.89 bits per heavy atom. The number of amides is 1. The number of nitrogens with zero attached hydrogens (tertiary/aromatic N) is 1. The Kier molecular flexibility index (Phi) is 5.30. The van der Waals surface area contributed by atoms with Crippen molar-refractivity contribution in [1.29, 1.82) is 0 Å². The Bertz CT molecular complexity index is 965. The number of fused-ring (bicyclic) bond motifs is 1. The molecule has 3 nitrogen and oxygen atoms in total. The number of benzene rings is 2. The summed E-state index contributed by atoms with van der Waals surface area (Å²) in [6.45, 7) is 2.04. The second kappa shape index (κ2) is 7.85. The van der Waals surface area contributed by atoms with E-state index in [9.17, 15) is 4.79 Å². The summed E-state index contributed by atoms with van der Waals surface area (Å²) in [7, 11) is 2.14. The molecule has 0 unspecified atom stereocenters. The first-order chi connectivity index (χ1) is 13.1. The Morgan fingerprint density at radius 1 is 1.07 bits per heavy atom. The van der Waals surface area contributed by atoms with Gasteiger partial charge in [0.15, 0.2) is 0 Å². The van der Waals surface area contributed by atoms with Crippen LogP contribution in [0.25, 0.3) is 11.1 Å². The van der Waals surface area contributed by atoms with Crippen LogP contribution in [0.5, 0.6) is 0 Å². The van der Waals surface area contributed by atoms with Crippen LogP contribution in [0.4, 0.5) is 5.69 Å². The fourth-order valence-electron chi connectivity index (χ4n) is 3.45. The summed E-state index contributed by atoms with van der Waals surface area (Å²) in [5.41, 5.74) is 5.64. The average molecular weight is 397 g/mol. The van der Waals surface area contributed by atoms with Gasteiger partial charge in [0.05, 0.1) is 4.88 Å². The number of carbonyl (C=O) groups is 1. The lowest BCUT2D eigenvalue weighted by Crippen LogP contribution is -2.17. The average Bonchev–Trinajstić information content (AvgIpc) is 3.07. The van der Waals surface area contributed by atoms with Crippen LogP contribution in [0.1, 0.15) is 27.2 Å². The van der Waals surface area contributed by atoms with Crippen LogP contribution in [0.3, 0.4) is 0 Å². The molecule has 0 bridgehead atoms. The van der Waals surface area contributed by atoms with Crippen molar-refractivity contribution in [2.75, 3.05) is 18.9 Å². The van der Waals surface area contributed by atoms with Crippen molar-refractivity contribution in [2.45, 2.75) is 19.4 Å². The van der Waals surface area contributed by atoms with E-state index in [1.807, 2.05) is 41.8 Å². The smallest absolute Gasteiger partial charge is 0.265 e. The van der Waals surface area contributed by atoms with Gasteiger partial charge in [0.25, 0.3) is 5.91 Å². The minimum absolute atomic E-state index is 0.0675. The van der Waals surface area contributed by atoms with E-state index in [1.54, 1.807) is 0 Å². The van der Waals surface area contributed by atoms with Crippen molar-refractivity contribution < 1.29 is 4.79 Å². The Hall–Kier alpha value is -2.14. The third-order valence-corrected chi connectivity index (χ3v) is 6.07. The molecule has 2 aromatic carbocycles. The summed E-state index contributed by atoms with van der Waals surface area (Å²) in [4.78, 5) is 15.7. The van der Waals surface area contributed by atoms with Gasteiger partial charge in [-0.15, -0.1) is 11.3 Å². The van der Waals surface area contributed by atoms with Gasteiger partial charge in [0, 0.05) is 17.3 Å². The topological polar surface area (TPSA) is 32.3 Å². The minimum Gasteiger partial charge on any atom is -0.321 e. The number of halogens is 1. The normalized spacial score (nSPS) is 14.4. The maximum Gasteiger partial charge on any atom is 0.265 e. The maximum atomic E-state index is 12.7. The molecule has 0 saturated carbocycles. The summed E-state index contributed by atoms with van der Waals surface area (Å²) >= 11 is 7.41. The zero-order valence-corrected chi connectivity index (χ0v) is 16.7. The molecule has 1 aliphatic heterocycles. The molecule has 0 radical (unpaired) electrons. The van der Waals surface area contributed by atoms with Crippen LogP contribution < -0.4 is 5.32 Å². The lowest BCUT2D eigenvalue weighted by atomic mass is 10.0. The number of carbonyl (C=O) groups excluding carboxylic acids is 1. The Balaban J connectivity index is 1.50. The van der Waals surface area contributed by atoms with Crippen molar-refractivity contribution in [3.05, 3.63) is 74.9 Å². The lowest BCUT2D eigenvalue weighted by molar-refractivity contribution is 0.103. The van der Waals surface area contributed by atoms with Crippen LogP contribution in [0, 0.1) is 0 Å². The number of anilines is 1. The lowest BCUT2D eigenvalue weighted by Gasteiger charge is -2.14. The highest BCUT2D eigenvalue weighted by molar-refractivity contribution is 7.12. The molecule has 1 amide bonds. The van der Waals surface area contributed by atoms with Crippen molar-refractivity contribution >= 4 is 34.5 Å². The molecular weight excluding hydrogens is 376 g/mol. The van der Waals surface area contributed by atoms with Gasteiger partial charge < -0.3 is 10.2 Å². The Morgan fingerprint density at radius 3 is 2.70 bits per heavy atom. The highest BCUT2D eigenvalue weighted by atomic mass is 35.5. The maximum absolute atomic E-state index is 12.7. The molecule has 4 rings (SSSR count). The summed E-state index contributed by atoms with van der Waals surface area (Å²) in [6, 6.07) is 15.9.